The van der Waals surface area contributed by atoms with Crippen LogP contribution in [0.4, 0.5) is 5.82 Å². The van der Waals surface area contributed by atoms with Gasteiger partial charge in [-0.1, -0.05) is 17.7 Å². The summed E-state index contributed by atoms with van der Waals surface area (Å²) in [5.74, 6) is 0.882. The van der Waals surface area contributed by atoms with Gasteiger partial charge in [0.05, 0.1) is 10.9 Å². The number of hydrogen-bond acceptors (Lipinski definition) is 4. The van der Waals surface area contributed by atoms with E-state index in [0.717, 1.165) is 35.3 Å². The van der Waals surface area contributed by atoms with Crippen LogP contribution in [0.25, 0.3) is 0 Å². The van der Waals surface area contributed by atoms with Gasteiger partial charge in [-0.05, 0) is 56.0 Å². The van der Waals surface area contributed by atoms with E-state index in [2.05, 4.69) is 4.98 Å². The highest BCUT2D eigenvalue weighted by Crippen LogP contribution is 2.38. The van der Waals surface area contributed by atoms with Crippen molar-refractivity contribution in [3.8, 4) is 0 Å². The summed E-state index contributed by atoms with van der Waals surface area (Å²) in [6, 6.07) is 8.95. The van der Waals surface area contributed by atoms with Gasteiger partial charge in [-0.2, -0.15) is 4.31 Å². The lowest BCUT2D eigenvalue weighted by atomic mass is 10.0. The van der Waals surface area contributed by atoms with Gasteiger partial charge in [0.25, 0.3) is 0 Å². The molecule has 1 atom stereocenters. The van der Waals surface area contributed by atoms with Crippen molar-refractivity contribution in [1.29, 1.82) is 0 Å². The van der Waals surface area contributed by atoms with Crippen LogP contribution in [0.3, 0.4) is 0 Å². The molecule has 0 spiro atoms. The second kappa shape index (κ2) is 6.77. The second-order valence-electron chi connectivity index (χ2n) is 6.88. The van der Waals surface area contributed by atoms with E-state index in [1.54, 1.807) is 16.4 Å². The molecule has 134 valence electrons. The van der Waals surface area contributed by atoms with Crippen LogP contribution in [-0.2, 0) is 10.0 Å². The Morgan fingerprint density at radius 2 is 1.84 bits per heavy atom. The Balaban J connectivity index is 1.96. The van der Waals surface area contributed by atoms with E-state index in [0.29, 0.717) is 11.4 Å². The quantitative estimate of drug-likeness (QED) is 0.841. The smallest absolute Gasteiger partial charge is 0.243 e. The topological polar surface area (TPSA) is 53.5 Å². The minimum atomic E-state index is -3.50. The Hall–Kier alpha value is -1.92. The Labute approximate surface area is 150 Å². The SMILES string of the molecule is Cc1ccc(S(=O)(=O)N2CCCC2c2cnc(N(C)C)cc2C)cc1. The number of pyridine rings is 1. The lowest BCUT2D eigenvalue weighted by Crippen LogP contribution is -2.31. The summed E-state index contributed by atoms with van der Waals surface area (Å²) in [6.45, 7) is 4.53. The molecule has 1 aromatic carbocycles. The molecule has 0 radical (unpaired) electrons. The van der Waals surface area contributed by atoms with Gasteiger partial charge in [-0.3, -0.25) is 0 Å². The molecule has 25 heavy (non-hydrogen) atoms. The lowest BCUT2D eigenvalue weighted by molar-refractivity contribution is 0.395. The molecular formula is C19H25N3O2S. The molecule has 1 saturated heterocycles. The van der Waals surface area contributed by atoms with E-state index in [1.807, 2.05) is 57.2 Å². The predicted octanol–water partition coefficient (Wildman–Crippen LogP) is 3.29. The van der Waals surface area contributed by atoms with Gasteiger partial charge in [-0.15, -0.1) is 0 Å². The Bertz CT molecular complexity index is 861. The molecule has 1 unspecified atom stereocenters. The fourth-order valence-electron chi connectivity index (χ4n) is 3.33. The average Bonchev–Trinajstić information content (AvgIpc) is 3.05. The second-order valence-corrected chi connectivity index (χ2v) is 8.77. The molecule has 1 fully saturated rings. The normalized spacial score (nSPS) is 18.5. The zero-order valence-electron chi connectivity index (χ0n) is 15.2. The molecule has 0 saturated carbocycles. The number of aryl methyl sites for hydroxylation is 2. The van der Waals surface area contributed by atoms with Crippen molar-refractivity contribution in [2.24, 2.45) is 0 Å². The molecule has 5 nitrogen and oxygen atoms in total. The molecular weight excluding hydrogens is 334 g/mol. The van der Waals surface area contributed by atoms with Crippen LogP contribution in [0.1, 0.15) is 35.6 Å². The van der Waals surface area contributed by atoms with Gasteiger partial charge < -0.3 is 4.90 Å². The van der Waals surface area contributed by atoms with Crippen molar-refractivity contribution in [3.05, 3.63) is 53.2 Å². The van der Waals surface area contributed by atoms with Gasteiger partial charge in [0.15, 0.2) is 0 Å². The predicted molar refractivity (Wildman–Crippen MR) is 100 cm³/mol. The molecule has 3 rings (SSSR count). The summed E-state index contributed by atoms with van der Waals surface area (Å²) in [5, 5.41) is 0. The van der Waals surface area contributed by atoms with E-state index in [-0.39, 0.29) is 6.04 Å². The fourth-order valence-corrected chi connectivity index (χ4v) is 5.00. The summed E-state index contributed by atoms with van der Waals surface area (Å²) in [6.07, 6.45) is 3.53. The Morgan fingerprint density at radius 3 is 2.44 bits per heavy atom. The van der Waals surface area contributed by atoms with Gasteiger partial charge >= 0.3 is 0 Å². The number of anilines is 1. The molecule has 0 amide bonds. The summed E-state index contributed by atoms with van der Waals surface area (Å²) in [5.41, 5.74) is 3.13. The molecule has 2 aromatic rings. The fraction of sp³-hybridized carbons (Fsp3) is 0.421. The zero-order valence-corrected chi connectivity index (χ0v) is 16.0. The largest absolute Gasteiger partial charge is 0.363 e. The monoisotopic (exact) mass is 359 g/mol. The Morgan fingerprint density at radius 1 is 1.16 bits per heavy atom. The summed E-state index contributed by atoms with van der Waals surface area (Å²) in [4.78, 5) is 6.80. The summed E-state index contributed by atoms with van der Waals surface area (Å²) >= 11 is 0. The number of benzene rings is 1. The standard InChI is InChI=1S/C19H25N3O2S/c1-14-7-9-16(10-8-14)25(23,24)22-11-5-6-18(22)17-13-20-19(21(3)4)12-15(17)2/h7-10,12-13,18H,5-6,11H2,1-4H3. The van der Waals surface area contributed by atoms with Crippen LogP contribution in [0.15, 0.2) is 41.4 Å². The first kappa shape index (κ1) is 17.9. The molecule has 0 bridgehead atoms. The van der Waals surface area contributed by atoms with Crippen molar-refractivity contribution in [3.63, 3.8) is 0 Å². The van der Waals surface area contributed by atoms with Crippen molar-refractivity contribution >= 4 is 15.8 Å². The molecule has 1 aliphatic rings. The lowest BCUT2D eigenvalue weighted by Gasteiger charge is -2.26. The van der Waals surface area contributed by atoms with Crippen LogP contribution in [0.5, 0.6) is 0 Å². The minimum absolute atomic E-state index is 0.144. The van der Waals surface area contributed by atoms with Crippen molar-refractivity contribution in [2.45, 2.75) is 37.6 Å². The number of aromatic nitrogens is 1. The zero-order chi connectivity index (χ0) is 18.2. The highest BCUT2D eigenvalue weighted by Gasteiger charge is 2.37. The highest BCUT2D eigenvalue weighted by atomic mass is 32.2. The third-order valence-corrected chi connectivity index (χ3v) is 6.71. The molecule has 0 aliphatic carbocycles. The first-order valence-electron chi connectivity index (χ1n) is 8.53. The average molecular weight is 359 g/mol. The van der Waals surface area contributed by atoms with Crippen LogP contribution in [0.2, 0.25) is 0 Å². The number of rotatable bonds is 4. The van der Waals surface area contributed by atoms with Gasteiger partial charge in [0.1, 0.15) is 5.82 Å². The van der Waals surface area contributed by atoms with E-state index >= 15 is 0 Å². The van der Waals surface area contributed by atoms with Gasteiger partial charge in [0, 0.05) is 26.8 Å². The first-order chi connectivity index (χ1) is 11.8. The highest BCUT2D eigenvalue weighted by molar-refractivity contribution is 7.89. The number of nitrogens with zero attached hydrogens (tertiary/aromatic N) is 3. The third-order valence-electron chi connectivity index (χ3n) is 4.79. The number of hydrogen-bond donors (Lipinski definition) is 0. The van der Waals surface area contributed by atoms with Crippen molar-refractivity contribution < 1.29 is 8.42 Å². The Kier molecular flexibility index (Phi) is 4.84. The van der Waals surface area contributed by atoms with Gasteiger partial charge in [-0.25, -0.2) is 13.4 Å². The molecule has 6 heteroatoms. The summed E-state index contributed by atoms with van der Waals surface area (Å²) in [7, 11) is 0.398. The maximum Gasteiger partial charge on any atom is 0.243 e. The maximum absolute atomic E-state index is 13.1. The van der Waals surface area contributed by atoms with Crippen LogP contribution < -0.4 is 4.90 Å². The van der Waals surface area contributed by atoms with Crippen molar-refractivity contribution in [2.75, 3.05) is 25.5 Å². The molecule has 0 N–H and O–H groups in total. The van der Waals surface area contributed by atoms with Crippen molar-refractivity contribution in [1.82, 2.24) is 9.29 Å². The van der Waals surface area contributed by atoms with E-state index in [9.17, 15) is 8.42 Å². The molecule has 2 heterocycles. The van der Waals surface area contributed by atoms with E-state index < -0.39 is 10.0 Å². The third kappa shape index (κ3) is 3.41. The summed E-state index contributed by atoms with van der Waals surface area (Å²) < 4.78 is 27.9. The number of sulfonamides is 1. The van der Waals surface area contributed by atoms with Gasteiger partial charge in [0.2, 0.25) is 10.0 Å². The molecule has 1 aromatic heterocycles. The van der Waals surface area contributed by atoms with E-state index in [1.165, 1.54) is 0 Å². The molecule has 1 aliphatic heterocycles. The maximum atomic E-state index is 13.1. The van der Waals surface area contributed by atoms with Crippen LogP contribution in [0, 0.1) is 13.8 Å². The first-order valence-corrected chi connectivity index (χ1v) is 9.97. The van der Waals surface area contributed by atoms with E-state index in [4.69, 9.17) is 0 Å². The minimum Gasteiger partial charge on any atom is -0.363 e. The van der Waals surface area contributed by atoms with Crippen LogP contribution >= 0.6 is 0 Å². The van der Waals surface area contributed by atoms with Crippen LogP contribution in [-0.4, -0.2) is 38.3 Å².